The van der Waals surface area contributed by atoms with Gasteiger partial charge in [-0.1, -0.05) is 12.1 Å². The Morgan fingerprint density at radius 3 is 2.65 bits per heavy atom. The van der Waals surface area contributed by atoms with Crippen molar-refractivity contribution in [1.29, 1.82) is 0 Å². The number of ether oxygens (including phenoxy) is 1. The monoisotopic (exact) mass is 350 g/mol. The third kappa shape index (κ3) is 3.27. The fraction of sp³-hybridized carbons (Fsp3) is 0.105. The highest BCUT2D eigenvalue weighted by atomic mass is 16.5. The summed E-state index contributed by atoms with van der Waals surface area (Å²) in [7, 11) is 1.53. The zero-order valence-corrected chi connectivity index (χ0v) is 14.4. The normalized spacial score (nSPS) is 10.4. The van der Waals surface area contributed by atoms with Crippen LogP contribution in [0.1, 0.15) is 15.9 Å². The van der Waals surface area contributed by atoms with E-state index in [1.54, 1.807) is 49.5 Å². The van der Waals surface area contributed by atoms with Gasteiger partial charge in [0.2, 0.25) is 0 Å². The average molecular weight is 350 g/mol. The van der Waals surface area contributed by atoms with Gasteiger partial charge in [-0.2, -0.15) is 0 Å². The first kappa shape index (κ1) is 17.2. The molecule has 0 bridgehead atoms. The number of methoxy groups -OCH3 is 1. The molecular formula is C19H18N4O3. The molecule has 132 valence electrons. The number of carbonyl (C=O) groups is 1. The zero-order chi connectivity index (χ0) is 18.7. The quantitative estimate of drug-likeness (QED) is 0.753. The summed E-state index contributed by atoms with van der Waals surface area (Å²) in [5.41, 5.74) is 6.74. The van der Waals surface area contributed by atoms with E-state index in [4.69, 9.17) is 10.5 Å². The van der Waals surface area contributed by atoms with Crippen molar-refractivity contribution in [3.8, 4) is 11.4 Å². The summed E-state index contributed by atoms with van der Waals surface area (Å²) >= 11 is 0. The summed E-state index contributed by atoms with van der Waals surface area (Å²) in [5.74, 6) is 0.369. The summed E-state index contributed by atoms with van der Waals surface area (Å²) < 4.78 is 6.70. The second-order valence-electron chi connectivity index (χ2n) is 5.65. The maximum absolute atomic E-state index is 13.0. The van der Waals surface area contributed by atoms with E-state index in [9.17, 15) is 9.59 Å². The van der Waals surface area contributed by atoms with Gasteiger partial charge in [0.05, 0.1) is 24.7 Å². The van der Waals surface area contributed by atoms with E-state index in [2.05, 4.69) is 10.3 Å². The largest absolute Gasteiger partial charge is 0.495 e. The van der Waals surface area contributed by atoms with Gasteiger partial charge in [-0.3, -0.25) is 14.2 Å². The summed E-state index contributed by atoms with van der Waals surface area (Å²) in [6, 6.07) is 12.0. The van der Waals surface area contributed by atoms with Crippen LogP contribution in [0.4, 0.5) is 11.5 Å². The molecule has 0 fully saturated rings. The standard InChI is InChI=1S/C19H18N4O3/c1-12-9-10-23(14-5-3-4-6-15(14)26-2)19(25)17(12)18(24)22-13-7-8-16(20)21-11-13/h3-11H,1-2H3,(H2,20,21)(H,22,24). The molecule has 7 heteroatoms. The molecule has 0 saturated carbocycles. The molecule has 0 unspecified atom stereocenters. The van der Waals surface area contributed by atoms with Gasteiger partial charge < -0.3 is 15.8 Å². The number of aryl methyl sites for hydroxylation is 1. The minimum absolute atomic E-state index is 0.0511. The van der Waals surface area contributed by atoms with E-state index in [0.717, 1.165) is 0 Å². The van der Waals surface area contributed by atoms with Gasteiger partial charge in [-0.05, 0) is 42.8 Å². The summed E-state index contributed by atoms with van der Waals surface area (Å²) in [6.45, 7) is 1.71. The Morgan fingerprint density at radius 2 is 1.96 bits per heavy atom. The fourth-order valence-corrected chi connectivity index (χ4v) is 2.59. The van der Waals surface area contributed by atoms with Crippen LogP contribution in [0.2, 0.25) is 0 Å². The van der Waals surface area contributed by atoms with Gasteiger partial charge in [-0.15, -0.1) is 0 Å². The van der Waals surface area contributed by atoms with Crippen LogP contribution in [0.25, 0.3) is 5.69 Å². The number of rotatable bonds is 4. The molecule has 26 heavy (non-hydrogen) atoms. The summed E-state index contributed by atoms with van der Waals surface area (Å²) in [5, 5.41) is 2.67. The summed E-state index contributed by atoms with van der Waals surface area (Å²) in [4.78, 5) is 29.5. The number of nitrogens with zero attached hydrogens (tertiary/aromatic N) is 2. The fourth-order valence-electron chi connectivity index (χ4n) is 2.59. The Hall–Kier alpha value is -3.61. The minimum atomic E-state index is -0.511. The van der Waals surface area contributed by atoms with Crippen molar-refractivity contribution in [2.45, 2.75) is 6.92 Å². The number of nitrogens with two attached hydrogens (primary N) is 1. The van der Waals surface area contributed by atoms with E-state index < -0.39 is 11.5 Å². The number of nitrogens with one attached hydrogen (secondary N) is 1. The highest BCUT2D eigenvalue weighted by Crippen LogP contribution is 2.21. The maximum Gasteiger partial charge on any atom is 0.268 e. The van der Waals surface area contributed by atoms with Crippen molar-refractivity contribution < 1.29 is 9.53 Å². The molecule has 2 aromatic heterocycles. The molecule has 3 rings (SSSR count). The number of hydrogen-bond acceptors (Lipinski definition) is 5. The molecule has 0 aliphatic heterocycles. The second-order valence-corrected chi connectivity index (χ2v) is 5.65. The van der Waals surface area contributed by atoms with E-state index >= 15 is 0 Å². The molecule has 0 radical (unpaired) electrons. The Labute approximate surface area is 150 Å². The number of benzene rings is 1. The lowest BCUT2D eigenvalue weighted by molar-refractivity contribution is 0.102. The Kier molecular flexibility index (Phi) is 4.70. The van der Waals surface area contributed by atoms with E-state index in [0.29, 0.717) is 28.5 Å². The molecule has 0 saturated heterocycles. The zero-order valence-electron chi connectivity index (χ0n) is 14.4. The van der Waals surface area contributed by atoms with Crippen molar-refractivity contribution in [2.75, 3.05) is 18.2 Å². The third-order valence-corrected chi connectivity index (χ3v) is 3.92. The van der Waals surface area contributed by atoms with Crippen LogP contribution < -0.4 is 21.3 Å². The van der Waals surface area contributed by atoms with Crippen LogP contribution in [-0.4, -0.2) is 22.6 Å². The Bertz CT molecular complexity index is 1010. The lowest BCUT2D eigenvalue weighted by Gasteiger charge is -2.13. The van der Waals surface area contributed by atoms with Crippen LogP contribution >= 0.6 is 0 Å². The van der Waals surface area contributed by atoms with Crippen LogP contribution in [0, 0.1) is 6.92 Å². The topological polar surface area (TPSA) is 99.2 Å². The predicted octanol–water partition coefficient (Wildman–Crippen LogP) is 2.38. The first-order valence-electron chi connectivity index (χ1n) is 7.90. The number of hydrogen-bond donors (Lipinski definition) is 2. The van der Waals surface area contributed by atoms with Crippen LogP contribution in [-0.2, 0) is 0 Å². The van der Waals surface area contributed by atoms with Gasteiger partial charge in [0.1, 0.15) is 17.1 Å². The highest BCUT2D eigenvalue weighted by Gasteiger charge is 2.18. The molecule has 7 nitrogen and oxygen atoms in total. The number of carbonyl (C=O) groups excluding carboxylic acids is 1. The van der Waals surface area contributed by atoms with Gasteiger partial charge in [0.15, 0.2) is 0 Å². The Balaban J connectivity index is 2.04. The lowest BCUT2D eigenvalue weighted by atomic mass is 10.1. The second kappa shape index (κ2) is 7.10. The molecule has 0 aliphatic rings. The van der Waals surface area contributed by atoms with Crippen molar-refractivity contribution in [3.05, 3.63) is 76.3 Å². The molecule has 0 aliphatic carbocycles. The number of para-hydroxylation sites is 2. The van der Waals surface area contributed by atoms with Crippen LogP contribution in [0.5, 0.6) is 5.75 Å². The Morgan fingerprint density at radius 1 is 1.19 bits per heavy atom. The lowest BCUT2D eigenvalue weighted by Crippen LogP contribution is -2.29. The molecule has 3 N–H and O–H groups in total. The van der Waals surface area contributed by atoms with Gasteiger partial charge in [0, 0.05) is 6.20 Å². The smallest absolute Gasteiger partial charge is 0.268 e. The molecule has 2 heterocycles. The van der Waals surface area contributed by atoms with Crippen molar-refractivity contribution in [3.63, 3.8) is 0 Å². The first-order chi connectivity index (χ1) is 12.5. The molecule has 0 spiro atoms. The number of nitrogen functional groups attached to an aromatic ring is 1. The molecule has 3 aromatic rings. The minimum Gasteiger partial charge on any atom is -0.495 e. The average Bonchev–Trinajstić information content (AvgIpc) is 2.64. The molecular weight excluding hydrogens is 332 g/mol. The number of pyridine rings is 2. The number of amides is 1. The van der Waals surface area contributed by atoms with Gasteiger partial charge >= 0.3 is 0 Å². The highest BCUT2D eigenvalue weighted by molar-refractivity contribution is 6.05. The maximum atomic E-state index is 13.0. The SMILES string of the molecule is COc1ccccc1-n1ccc(C)c(C(=O)Nc2ccc(N)nc2)c1=O. The number of anilines is 2. The van der Waals surface area contributed by atoms with Gasteiger partial charge in [-0.25, -0.2) is 4.98 Å². The first-order valence-corrected chi connectivity index (χ1v) is 7.90. The van der Waals surface area contributed by atoms with Crippen molar-refractivity contribution in [1.82, 2.24) is 9.55 Å². The van der Waals surface area contributed by atoms with Crippen molar-refractivity contribution in [2.24, 2.45) is 0 Å². The van der Waals surface area contributed by atoms with Crippen LogP contribution in [0.15, 0.2) is 59.7 Å². The van der Waals surface area contributed by atoms with Crippen LogP contribution in [0.3, 0.4) is 0 Å². The summed E-state index contributed by atoms with van der Waals surface area (Å²) in [6.07, 6.45) is 3.06. The molecule has 1 amide bonds. The van der Waals surface area contributed by atoms with E-state index in [1.165, 1.54) is 17.9 Å². The van der Waals surface area contributed by atoms with Crippen molar-refractivity contribution >= 4 is 17.4 Å². The third-order valence-electron chi connectivity index (χ3n) is 3.92. The molecule has 1 aromatic carbocycles. The van der Waals surface area contributed by atoms with E-state index in [-0.39, 0.29) is 5.56 Å². The van der Waals surface area contributed by atoms with E-state index in [1.807, 2.05) is 6.07 Å². The van der Waals surface area contributed by atoms with Gasteiger partial charge in [0.25, 0.3) is 11.5 Å². The molecule has 0 atom stereocenters. The predicted molar refractivity (Wildman–Crippen MR) is 99.9 cm³/mol. The number of aromatic nitrogens is 2.